The van der Waals surface area contributed by atoms with E-state index in [1.807, 2.05) is 49.4 Å². The van der Waals surface area contributed by atoms with E-state index in [1.165, 1.54) is 11.9 Å². The van der Waals surface area contributed by atoms with Crippen LogP contribution in [0.1, 0.15) is 33.2 Å². The average Bonchev–Trinajstić information content (AvgIpc) is 2.85. The molecule has 4 nitrogen and oxygen atoms in total. The van der Waals surface area contributed by atoms with E-state index in [4.69, 9.17) is 0 Å². The summed E-state index contributed by atoms with van der Waals surface area (Å²) >= 11 is 0. The van der Waals surface area contributed by atoms with Crippen molar-refractivity contribution in [1.82, 2.24) is 4.90 Å². The zero-order chi connectivity index (χ0) is 23.1. The van der Waals surface area contributed by atoms with Gasteiger partial charge in [0, 0.05) is 36.0 Å². The van der Waals surface area contributed by atoms with E-state index in [9.17, 15) is 9.59 Å². The molecule has 0 saturated heterocycles. The summed E-state index contributed by atoms with van der Waals surface area (Å²) in [6, 6.07) is 21.8. The number of amides is 2. The highest BCUT2D eigenvalue weighted by Crippen LogP contribution is 2.40. The van der Waals surface area contributed by atoms with Gasteiger partial charge in [0.1, 0.15) is 0 Å². The maximum Gasteiger partial charge on any atom is 0.261 e. The number of aliphatic imine (C=N–C) groups is 1. The monoisotopic (exact) mass is 430 g/mol. The van der Waals surface area contributed by atoms with Gasteiger partial charge in [0.05, 0.1) is 0 Å². The van der Waals surface area contributed by atoms with Gasteiger partial charge in [-0.15, -0.1) is 0 Å². The minimum absolute atomic E-state index is 0.270. The Bertz CT molecular complexity index is 1520. The minimum Gasteiger partial charge on any atom is -0.277 e. The van der Waals surface area contributed by atoms with Gasteiger partial charge in [-0.1, -0.05) is 61.2 Å². The van der Waals surface area contributed by atoms with Crippen LogP contribution in [-0.2, 0) is 0 Å². The molecule has 0 N–H and O–H groups in total. The molecule has 1 heterocycles. The summed E-state index contributed by atoms with van der Waals surface area (Å²) in [7, 11) is 1.53. The number of carbonyl (C=O) groups excluding carboxylic acids is 2. The van der Waals surface area contributed by atoms with Gasteiger partial charge in [-0.25, -0.2) is 0 Å². The highest BCUT2D eigenvalue weighted by molar-refractivity contribution is 6.27. The van der Waals surface area contributed by atoms with E-state index in [2.05, 4.69) is 35.8 Å². The average molecular weight is 431 g/mol. The van der Waals surface area contributed by atoms with Gasteiger partial charge in [-0.3, -0.25) is 19.5 Å². The van der Waals surface area contributed by atoms with Gasteiger partial charge >= 0.3 is 0 Å². The molecule has 4 aromatic rings. The molecule has 1 aliphatic rings. The molecule has 4 heteroatoms. The van der Waals surface area contributed by atoms with Crippen LogP contribution in [-0.4, -0.2) is 30.0 Å². The van der Waals surface area contributed by atoms with E-state index >= 15 is 0 Å². The molecular formula is C29H22N2O2. The van der Waals surface area contributed by atoms with Gasteiger partial charge in [0.25, 0.3) is 11.8 Å². The number of benzene rings is 4. The Kier molecular flexibility index (Phi) is 4.98. The number of rotatable bonds is 4. The Hall–Kier alpha value is -4.31. The third-order valence-electron chi connectivity index (χ3n) is 6.18. The van der Waals surface area contributed by atoms with Crippen LogP contribution in [0.25, 0.3) is 38.2 Å². The van der Waals surface area contributed by atoms with E-state index in [0.29, 0.717) is 11.1 Å². The Balaban J connectivity index is 1.76. The first-order chi connectivity index (χ1) is 16.0. The molecule has 0 aliphatic carbocycles. The van der Waals surface area contributed by atoms with Crippen LogP contribution in [0, 0.1) is 0 Å². The molecule has 4 aromatic carbocycles. The van der Waals surface area contributed by atoms with Gasteiger partial charge in [0.2, 0.25) is 0 Å². The zero-order valence-corrected chi connectivity index (χ0v) is 18.5. The third kappa shape index (κ3) is 3.19. The minimum atomic E-state index is -0.270. The summed E-state index contributed by atoms with van der Waals surface area (Å²) in [6.07, 6.45) is 5.37. The number of allylic oxidation sites excluding steroid dienone is 2. The molecule has 160 valence electrons. The van der Waals surface area contributed by atoms with Crippen molar-refractivity contribution in [3.05, 3.63) is 102 Å². The summed E-state index contributed by atoms with van der Waals surface area (Å²) in [5.41, 5.74) is 5.05. The van der Waals surface area contributed by atoms with Crippen LogP contribution in [0.5, 0.6) is 0 Å². The Morgan fingerprint density at radius 1 is 0.788 bits per heavy atom. The van der Waals surface area contributed by atoms with Crippen molar-refractivity contribution in [1.29, 1.82) is 0 Å². The maximum atomic E-state index is 12.8. The highest BCUT2D eigenvalue weighted by Gasteiger charge is 2.30. The summed E-state index contributed by atoms with van der Waals surface area (Å²) in [6.45, 7) is 6.10. The molecule has 5 rings (SSSR count). The third-order valence-corrected chi connectivity index (χ3v) is 6.18. The highest BCUT2D eigenvalue weighted by atomic mass is 16.2. The number of imide groups is 1. The summed E-state index contributed by atoms with van der Waals surface area (Å²) in [5, 5.41) is 3.78. The molecule has 0 radical (unpaired) electrons. The Morgan fingerprint density at radius 2 is 1.39 bits per heavy atom. The smallest absolute Gasteiger partial charge is 0.261 e. The van der Waals surface area contributed by atoms with E-state index in [1.54, 1.807) is 18.5 Å². The lowest BCUT2D eigenvalue weighted by Gasteiger charge is -2.25. The first-order valence-electron chi connectivity index (χ1n) is 10.8. The van der Waals surface area contributed by atoms with Gasteiger partial charge in [-0.2, -0.15) is 0 Å². The topological polar surface area (TPSA) is 49.7 Å². The lowest BCUT2D eigenvalue weighted by Crippen LogP contribution is -2.36. The molecule has 2 amide bonds. The summed E-state index contributed by atoms with van der Waals surface area (Å²) in [4.78, 5) is 30.9. The normalized spacial score (nSPS) is 13.7. The van der Waals surface area contributed by atoms with Crippen molar-refractivity contribution in [3.8, 4) is 11.1 Å². The molecule has 0 spiro atoms. The number of hydrogen-bond acceptors (Lipinski definition) is 3. The van der Waals surface area contributed by atoms with Crippen LogP contribution < -0.4 is 0 Å². The summed E-state index contributed by atoms with van der Waals surface area (Å²) in [5.74, 6) is -0.540. The van der Waals surface area contributed by atoms with E-state index in [-0.39, 0.29) is 11.8 Å². The Morgan fingerprint density at radius 3 is 2.15 bits per heavy atom. The maximum absolute atomic E-state index is 12.8. The molecule has 0 unspecified atom stereocenters. The molecule has 0 fully saturated rings. The molecule has 0 atom stereocenters. The van der Waals surface area contributed by atoms with Crippen LogP contribution >= 0.6 is 0 Å². The lowest BCUT2D eigenvalue weighted by atomic mass is 9.86. The largest absolute Gasteiger partial charge is 0.277 e. The van der Waals surface area contributed by atoms with Crippen molar-refractivity contribution in [3.63, 3.8) is 0 Å². The predicted molar refractivity (Wildman–Crippen MR) is 136 cm³/mol. The SMILES string of the molecule is C=C(/C=C\N=CC)c1ccc(-c2ccc3c4c(cccc24)C(=O)N(C)C3=O)c2ccccc12. The quantitative estimate of drug-likeness (QED) is 0.211. The Labute approximate surface area is 192 Å². The number of nitrogens with zero attached hydrogens (tertiary/aromatic N) is 2. The van der Waals surface area contributed by atoms with E-state index < -0.39 is 0 Å². The summed E-state index contributed by atoms with van der Waals surface area (Å²) < 4.78 is 0. The second-order valence-electron chi connectivity index (χ2n) is 8.01. The lowest BCUT2D eigenvalue weighted by molar-refractivity contribution is 0.0650. The van der Waals surface area contributed by atoms with Gasteiger partial charge in [-0.05, 0) is 63.6 Å². The van der Waals surface area contributed by atoms with Crippen LogP contribution in [0.3, 0.4) is 0 Å². The van der Waals surface area contributed by atoms with Crippen molar-refractivity contribution < 1.29 is 9.59 Å². The second-order valence-corrected chi connectivity index (χ2v) is 8.01. The molecular weight excluding hydrogens is 408 g/mol. The van der Waals surface area contributed by atoms with Crippen molar-refractivity contribution in [2.45, 2.75) is 6.92 Å². The zero-order valence-electron chi connectivity index (χ0n) is 18.5. The van der Waals surface area contributed by atoms with Crippen LogP contribution in [0.4, 0.5) is 0 Å². The van der Waals surface area contributed by atoms with Crippen molar-refractivity contribution >= 4 is 45.1 Å². The fourth-order valence-electron chi connectivity index (χ4n) is 4.57. The van der Waals surface area contributed by atoms with Gasteiger partial charge in [0.15, 0.2) is 0 Å². The fraction of sp³-hybridized carbons (Fsp3) is 0.0690. The molecule has 0 bridgehead atoms. The number of fused-ring (bicyclic) bond motifs is 1. The fourth-order valence-corrected chi connectivity index (χ4v) is 4.57. The predicted octanol–water partition coefficient (Wildman–Crippen LogP) is 6.50. The second kappa shape index (κ2) is 7.99. The number of hydrogen-bond donors (Lipinski definition) is 0. The molecule has 0 saturated carbocycles. The van der Waals surface area contributed by atoms with Gasteiger partial charge < -0.3 is 0 Å². The van der Waals surface area contributed by atoms with E-state index in [0.717, 1.165) is 43.8 Å². The van der Waals surface area contributed by atoms with Crippen molar-refractivity contribution in [2.75, 3.05) is 7.05 Å². The molecule has 0 aromatic heterocycles. The number of carbonyl (C=O) groups is 2. The first kappa shape index (κ1) is 20.6. The first-order valence-corrected chi connectivity index (χ1v) is 10.8. The molecule has 1 aliphatic heterocycles. The standard InChI is InChI=1S/C29H22N2O2/c1-4-30-17-16-18(2)19-12-13-22(21-9-6-5-8-20(19)21)23-14-15-26-27-24(23)10-7-11-25(27)28(32)31(3)29(26)33/h4-17H,2H2,1,3H3/b17-16-,30-4?. The van der Waals surface area contributed by atoms with Crippen molar-refractivity contribution in [2.24, 2.45) is 4.99 Å². The van der Waals surface area contributed by atoms with Crippen LogP contribution in [0.15, 0.2) is 90.6 Å². The van der Waals surface area contributed by atoms with Crippen LogP contribution in [0.2, 0.25) is 0 Å². The molecule has 33 heavy (non-hydrogen) atoms.